The van der Waals surface area contributed by atoms with E-state index in [1.807, 2.05) is 0 Å². The lowest BCUT2D eigenvalue weighted by atomic mass is 10.1. The summed E-state index contributed by atoms with van der Waals surface area (Å²) in [5.74, 6) is -1.25. The van der Waals surface area contributed by atoms with Crippen molar-refractivity contribution < 1.29 is 29.8 Å². The van der Waals surface area contributed by atoms with Crippen LogP contribution in [0.15, 0.2) is 0 Å². The van der Waals surface area contributed by atoms with Crippen LogP contribution in [0.2, 0.25) is 0 Å². The first-order valence-corrected chi connectivity index (χ1v) is 3.94. The van der Waals surface area contributed by atoms with Crippen molar-refractivity contribution in [2.75, 3.05) is 13.2 Å². The Morgan fingerprint density at radius 2 is 1.33 bits per heavy atom. The zero-order chi connectivity index (χ0) is 13.4. The molecule has 0 radical (unpaired) electrons. The van der Waals surface area contributed by atoms with Crippen LogP contribution in [-0.2, 0) is 14.5 Å². The van der Waals surface area contributed by atoms with E-state index < -0.39 is 40.6 Å². The highest BCUT2D eigenvalue weighted by Gasteiger charge is 2.24. The molecule has 0 aromatic heterocycles. The van der Waals surface area contributed by atoms with Crippen molar-refractivity contribution in [2.24, 2.45) is 11.7 Å². The second-order valence-corrected chi connectivity index (χ2v) is 2.59. The van der Waals surface area contributed by atoms with E-state index in [1.165, 1.54) is 0 Å². The third-order valence-electron chi connectivity index (χ3n) is 1.46. The minimum absolute atomic E-state index is 0. The SMILES string of the molecule is Cl.NC(O[N+](=O)[O-])C(CO[N+](=O)[O-])CO[N+](=O)[O-]. The molecule has 0 bridgehead atoms. The fraction of sp³-hybridized carbons (Fsp3) is 1.00. The van der Waals surface area contributed by atoms with Crippen LogP contribution < -0.4 is 5.73 Å². The molecule has 13 nitrogen and oxygen atoms in total. The molecule has 0 amide bonds. The molecule has 1 atom stereocenters. The van der Waals surface area contributed by atoms with Gasteiger partial charge >= 0.3 is 0 Å². The third kappa shape index (κ3) is 9.10. The first kappa shape index (κ1) is 18.2. The summed E-state index contributed by atoms with van der Waals surface area (Å²) in [5, 5.41) is 26.1. The Balaban J connectivity index is 0. The monoisotopic (exact) mass is 292 g/mol. The number of rotatable bonds is 9. The van der Waals surface area contributed by atoms with Gasteiger partial charge in [0.2, 0.25) is 0 Å². The van der Waals surface area contributed by atoms with E-state index in [9.17, 15) is 30.3 Å². The molecule has 0 fully saturated rings. The second-order valence-electron chi connectivity index (χ2n) is 2.59. The van der Waals surface area contributed by atoms with Crippen LogP contribution in [0, 0.1) is 36.3 Å². The van der Waals surface area contributed by atoms with E-state index in [2.05, 4.69) is 14.5 Å². The molecule has 0 saturated heterocycles. The number of hydrogen-bond donors (Lipinski definition) is 1. The van der Waals surface area contributed by atoms with E-state index in [0.717, 1.165) is 0 Å². The first-order valence-electron chi connectivity index (χ1n) is 3.94. The topological polar surface area (TPSA) is 183 Å². The summed E-state index contributed by atoms with van der Waals surface area (Å²) in [7, 11) is 0. The van der Waals surface area contributed by atoms with E-state index >= 15 is 0 Å². The maximum absolute atomic E-state index is 9.94. The zero-order valence-corrected chi connectivity index (χ0v) is 9.39. The van der Waals surface area contributed by atoms with Gasteiger partial charge < -0.3 is 15.4 Å². The predicted molar refractivity (Wildman–Crippen MR) is 52.7 cm³/mol. The lowest BCUT2D eigenvalue weighted by Gasteiger charge is -2.19. The van der Waals surface area contributed by atoms with Crippen LogP contribution in [-0.4, -0.2) is 34.7 Å². The fourth-order valence-electron chi connectivity index (χ4n) is 0.736. The molecule has 0 saturated carbocycles. The molecular weight excluding hydrogens is 284 g/mol. The number of nitrogens with two attached hydrogens (primary N) is 1. The average molecular weight is 293 g/mol. The molecule has 18 heavy (non-hydrogen) atoms. The Morgan fingerprint density at radius 3 is 1.61 bits per heavy atom. The summed E-state index contributed by atoms with van der Waals surface area (Å²) in [5.41, 5.74) is 5.12. The standard InChI is InChI=1S/C4H8N4O9.ClH/c5-4(17-8(13)14)3(1-15-6(9)10)2-16-7(11)12;/h3-4H,1-2,5H2;1H. The van der Waals surface area contributed by atoms with E-state index in [-0.39, 0.29) is 12.4 Å². The molecule has 0 aliphatic heterocycles. The van der Waals surface area contributed by atoms with Crippen molar-refractivity contribution >= 4 is 12.4 Å². The minimum Gasteiger partial charge on any atom is -0.313 e. The summed E-state index contributed by atoms with van der Waals surface area (Å²) in [6.45, 7) is -1.48. The lowest BCUT2D eigenvalue weighted by Crippen LogP contribution is -2.40. The normalized spacial score (nSPS) is 11.0. The van der Waals surface area contributed by atoms with Gasteiger partial charge in [0.25, 0.3) is 15.3 Å². The first-order chi connectivity index (χ1) is 7.82. The quantitative estimate of drug-likeness (QED) is 0.312. The van der Waals surface area contributed by atoms with Crippen LogP contribution in [0.4, 0.5) is 0 Å². The molecule has 1 unspecified atom stereocenters. The second kappa shape index (κ2) is 8.94. The molecule has 0 aliphatic carbocycles. The Labute approximate surface area is 104 Å². The molecule has 0 aromatic rings. The van der Waals surface area contributed by atoms with Gasteiger partial charge in [0.15, 0.2) is 6.23 Å². The van der Waals surface area contributed by atoms with Gasteiger partial charge in [-0.25, -0.2) is 0 Å². The van der Waals surface area contributed by atoms with Gasteiger partial charge in [-0.1, -0.05) is 0 Å². The Hall–Kier alpha value is -2.15. The lowest BCUT2D eigenvalue weighted by molar-refractivity contribution is -0.784. The van der Waals surface area contributed by atoms with Crippen molar-refractivity contribution in [3.63, 3.8) is 0 Å². The number of nitrogens with zero attached hydrogens (tertiary/aromatic N) is 3. The molecule has 0 aliphatic rings. The van der Waals surface area contributed by atoms with Gasteiger partial charge in [-0.3, -0.25) is 4.84 Å². The van der Waals surface area contributed by atoms with Crippen molar-refractivity contribution in [2.45, 2.75) is 6.23 Å². The van der Waals surface area contributed by atoms with Crippen LogP contribution in [0.25, 0.3) is 0 Å². The van der Waals surface area contributed by atoms with E-state index in [4.69, 9.17) is 5.73 Å². The van der Waals surface area contributed by atoms with Crippen molar-refractivity contribution in [1.82, 2.24) is 0 Å². The fourth-order valence-corrected chi connectivity index (χ4v) is 0.736. The Kier molecular flexibility index (Phi) is 9.05. The van der Waals surface area contributed by atoms with Crippen molar-refractivity contribution in [3.8, 4) is 0 Å². The highest BCUT2D eigenvalue weighted by Crippen LogP contribution is 2.06. The maximum Gasteiger partial charge on any atom is 0.296 e. The summed E-state index contributed by atoms with van der Waals surface area (Å²) < 4.78 is 0. The molecule has 106 valence electrons. The van der Waals surface area contributed by atoms with Crippen molar-refractivity contribution in [1.29, 1.82) is 0 Å². The summed E-state index contributed by atoms with van der Waals surface area (Å²) >= 11 is 0. The minimum atomic E-state index is -1.65. The highest BCUT2D eigenvalue weighted by atomic mass is 35.5. The van der Waals surface area contributed by atoms with Crippen LogP contribution >= 0.6 is 12.4 Å². The van der Waals surface area contributed by atoms with Crippen LogP contribution in [0.5, 0.6) is 0 Å². The van der Waals surface area contributed by atoms with Crippen LogP contribution in [0.3, 0.4) is 0 Å². The smallest absolute Gasteiger partial charge is 0.296 e. The van der Waals surface area contributed by atoms with E-state index in [0.29, 0.717) is 0 Å². The van der Waals surface area contributed by atoms with Gasteiger partial charge in [-0.05, 0) is 0 Å². The molecule has 0 aromatic carbocycles. The van der Waals surface area contributed by atoms with Crippen molar-refractivity contribution in [3.05, 3.63) is 30.3 Å². The molecular formula is C4H9ClN4O9. The maximum atomic E-state index is 9.94. The molecule has 0 heterocycles. The van der Waals surface area contributed by atoms with Crippen LogP contribution in [0.1, 0.15) is 0 Å². The number of halogens is 1. The number of hydrogen-bond acceptors (Lipinski definition) is 10. The third-order valence-corrected chi connectivity index (χ3v) is 1.46. The Morgan fingerprint density at radius 1 is 0.944 bits per heavy atom. The average Bonchev–Trinajstić information content (AvgIpc) is 2.15. The van der Waals surface area contributed by atoms with Gasteiger partial charge in [-0.2, -0.15) is 0 Å². The molecule has 0 spiro atoms. The largest absolute Gasteiger partial charge is 0.313 e. The van der Waals surface area contributed by atoms with Gasteiger partial charge in [-0.15, -0.1) is 42.7 Å². The van der Waals surface area contributed by atoms with Gasteiger partial charge in [0.1, 0.15) is 13.2 Å². The summed E-state index contributed by atoms with van der Waals surface area (Å²) in [6.07, 6.45) is -1.65. The van der Waals surface area contributed by atoms with Gasteiger partial charge in [0.05, 0.1) is 0 Å². The Bertz CT molecular complexity index is 282. The zero-order valence-electron chi connectivity index (χ0n) is 8.57. The summed E-state index contributed by atoms with van der Waals surface area (Å²) in [4.78, 5) is 41.3. The van der Waals surface area contributed by atoms with E-state index in [1.54, 1.807) is 0 Å². The molecule has 2 N–H and O–H groups in total. The summed E-state index contributed by atoms with van der Waals surface area (Å²) in [6, 6.07) is 0. The van der Waals surface area contributed by atoms with Gasteiger partial charge in [0, 0.05) is 5.92 Å². The highest BCUT2D eigenvalue weighted by molar-refractivity contribution is 5.85. The predicted octanol–water partition coefficient (Wildman–Crippen LogP) is -1.07. The molecule has 0 rings (SSSR count). The molecule has 14 heteroatoms.